The molecule has 1 aromatic carbocycles. The first kappa shape index (κ1) is 23.8. The summed E-state index contributed by atoms with van der Waals surface area (Å²) in [5, 5.41) is 14.6. The van der Waals surface area contributed by atoms with E-state index in [1.165, 1.54) is 6.20 Å². The van der Waals surface area contributed by atoms with Crippen molar-refractivity contribution in [1.82, 2.24) is 9.97 Å². The Kier molecular flexibility index (Phi) is 7.26. The highest BCUT2D eigenvalue weighted by Crippen LogP contribution is 2.42. The summed E-state index contributed by atoms with van der Waals surface area (Å²) in [5.74, 6) is -0.380. The maximum Gasteiger partial charge on any atom is 0.417 e. The Morgan fingerprint density at radius 3 is 2.60 bits per heavy atom. The van der Waals surface area contributed by atoms with E-state index in [4.69, 9.17) is 9.84 Å². The molecule has 0 amide bonds. The second-order valence-electron chi connectivity index (χ2n) is 5.90. The van der Waals surface area contributed by atoms with Gasteiger partial charge in [0.25, 0.3) is 10.0 Å². The second-order valence-corrected chi connectivity index (χ2v) is 8.37. The van der Waals surface area contributed by atoms with Gasteiger partial charge in [-0.05, 0) is 28.9 Å². The number of rotatable bonds is 8. The lowest BCUT2D eigenvalue weighted by Crippen LogP contribution is -2.20. The smallest absolute Gasteiger partial charge is 0.417 e. The monoisotopic (exact) mass is 511 g/mol. The number of ether oxygens (including phenoxy) is 1. The lowest BCUT2D eigenvalue weighted by molar-refractivity contribution is -0.140. The van der Waals surface area contributed by atoms with E-state index in [1.807, 2.05) is 0 Å². The summed E-state index contributed by atoms with van der Waals surface area (Å²) < 4.78 is 72.9. The molecule has 0 spiro atoms. The first-order chi connectivity index (χ1) is 13.9. The highest BCUT2D eigenvalue weighted by molar-refractivity contribution is 9.10. The van der Waals surface area contributed by atoms with Crippen LogP contribution in [-0.2, 0) is 16.2 Å². The van der Waals surface area contributed by atoms with E-state index < -0.39 is 32.4 Å². The van der Waals surface area contributed by atoms with Crippen molar-refractivity contribution in [3.8, 4) is 5.75 Å². The molecule has 1 aromatic heterocycles. The van der Waals surface area contributed by atoms with Crippen LogP contribution in [-0.4, -0.2) is 50.0 Å². The van der Waals surface area contributed by atoms with Crippen molar-refractivity contribution in [2.24, 2.45) is 4.40 Å². The molecule has 30 heavy (non-hydrogen) atoms. The van der Waals surface area contributed by atoms with Crippen molar-refractivity contribution < 1.29 is 31.4 Å². The molecule has 0 bridgehead atoms. The van der Waals surface area contributed by atoms with Crippen LogP contribution in [0.1, 0.15) is 12.5 Å². The van der Waals surface area contributed by atoms with Gasteiger partial charge < -0.3 is 20.5 Å². The zero-order valence-electron chi connectivity index (χ0n) is 15.7. The first-order valence-electron chi connectivity index (χ1n) is 8.12. The maximum atomic E-state index is 13.6. The lowest BCUT2D eigenvalue weighted by atomic mass is 10.1. The van der Waals surface area contributed by atoms with Gasteiger partial charge in [-0.2, -0.15) is 31.0 Å². The van der Waals surface area contributed by atoms with Gasteiger partial charge in [0.05, 0.1) is 23.8 Å². The van der Waals surface area contributed by atoms with Crippen LogP contribution in [0.3, 0.4) is 0 Å². The van der Waals surface area contributed by atoms with Gasteiger partial charge in [0, 0.05) is 30.7 Å². The molecular weight excluding hydrogens is 495 g/mol. The molecule has 164 valence electrons. The summed E-state index contributed by atoms with van der Waals surface area (Å²) in [6.07, 6.45) is -3.67. The largest absolute Gasteiger partial charge is 0.495 e. The topological polar surface area (TPSA) is 126 Å². The number of alkyl halides is 3. The summed E-state index contributed by atoms with van der Waals surface area (Å²) in [7, 11) is -3.68. The van der Waals surface area contributed by atoms with E-state index >= 15 is 0 Å². The molecule has 3 N–H and O–H groups in total. The van der Waals surface area contributed by atoms with E-state index in [0.717, 1.165) is 13.2 Å². The highest BCUT2D eigenvalue weighted by atomic mass is 79.9. The Hall–Kier alpha value is -2.45. The van der Waals surface area contributed by atoms with E-state index in [0.29, 0.717) is 10.5 Å². The Morgan fingerprint density at radius 2 is 2.07 bits per heavy atom. The van der Waals surface area contributed by atoms with Crippen LogP contribution < -0.4 is 15.4 Å². The van der Waals surface area contributed by atoms with Gasteiger partial charge in [-0.3, -0.25) is 0 Å². The van der Waals surface area contributed by atoms with Crippen molar-refractivity contribution in [2.75, 3.05) is 24.4 Å². The van der Waals surface area contributed by atoms with E-state index in [2.05, 4.69) is 47.6 Å². The number of nitrogens with one attached hydrogen (secondary N) is 2. The molecule has 0 aliphatic heterocycles. The number of benzene rings is 1. The molecule has 1 heterocycles. The van der Waals surface area contributed by atoms with Crippen molar-refractivity contribution >= 4 is 50.1 Å². The van der Waals surface area contributed by atoms with Crippen molar-refractivity contribution in [2.45, 2.75) is 24.0 Å². The quantitative estimate of drug-likeness (QED) is 0.461. The standard InChI is InChI=1S/C16H17BrF3N5O4S/c1-8(7-26)23-14-11(17)6-22-15(25-14)24-9-4-10(16(18,19)20)13(12(5-9)29-3)30(27,28)21-2/h4-6,8,26H,2,7H2,1,3H3,(H2,22,23,24,25)/t8-/m1/s1. The molecule has 2 rings (SSSR count). The van der Waals surface area contributed by atoms with Crippen molar-refractivity contribution in [3.63, 3.8) is 0 Å². The van der Waals surface area contributed by atoms with Crippen molar-refractivity contribution in [1.29, 1.82) is 0 Å². The molecule has 0 unspecified atom stereocenters. The van der Waals surface area contributed by atoms with Crippen molar-refractivity contribution in [3.05, 3.63) is 28.4 Å². The molecule has 14 heteroatoms. The average Bonchev–Trinajstić information content (AvgIpc) is 2.68. The molecule has 1 atom stereocenters. The third kappa shape index (κ3) is 5.37. The molecular formula is C16H17BrF3N5O4S. The molecule has 2 aromatic rings. The van der Waals surface area contributed by atoms with E-state index in [1.54, 1.807) is 6.92 Å². The molecule has 9 nitrogen and oxygen atoms in total. The molecule has 0 radical (unpaired) electrons. The normalized spacial score (nSPS) is 12.9. The number of aliphatic hydroxyl groups excluding tert-OH is 1. The van der Waals surface area contributed by atoms with Crippen LogP contribution in [0.2, 0.25) is 0 Å². The Bertz CT molecular complexity index is 1050. The number of aliphatic hydroxyl groups is 1. The van der Waals surface area contributed by atoms with Gasteiger partial charge in [-0.15, -0.1) is 0 Å². The van der Waals surface area contributed by atoms with E-state index in [9.17, 15) is 21.6 Å². The van der Waals surface area contributed by atoms with Crippen LogP contribution in [0.4, 0.5) is 30.6 Å². The Balaban J connectivity index is 2.57. The van der Waals surface area contributed by atoms with Gasteiger partial charge in [-0.1, -0.05) is 0 Å². The maximum absolute atomic E-state index is 13.6. The number of hydrogen-bond donors (Lipinski definition) is 3. The number of sulfonamides is 1. The summed E-state index contributed by atoms with van der Waals surface area (Å²) in [5.41, 5.74) is -1.66. The summed E-state index contributed by atoms with van der Waals surface area (Å²) in [6.45, 7) is 4.33. The number of methoxy groups -OCH3 is 1. The third-order valence-electron chi connectivity index (χ3n) is 3.67. The van der Waals surface area contributed by atoms with Gasteiger partial charge in [0.15, 0.2) is 0 Å². The highest BCUT2D eigenvalue weighted by Gasteiger charge is 2.40. The summed E-state index contributed by atoms with van der Waals surface area (Å²) in [4.78, 5) is 6.95. The summed E-state index contributed by atoms with van der Waals surface area (Å²) >= 11 is 3.22. The molecule has 0 fully saturated rings. The number of nitrogens with zero attached hydrogens (tertiary/aromatic N) is 3. The molecule has 0 aliphatic rings. The lowest BCUT2D eigenvalue weighted by Gasteiger charge is -2.17. The summed E-state index contributed by atoms with van der Waals surface area (Å²) in [6, 6.07) is 1.27. The van der Waals surface area contributed by atoms with Crippen LogP contribution >= 0.6 is 15.9 Å². The zero-order chi connectivity index (χ0) is 22.7. The predicted octanol–water partition coefficient (Wildman–Crippen LogP) is 3.19. The average molecular weight is 512 g/mol. The van der Waals surface area contributed by atoms with Crippen LogP contribution in [0.5, 0.6) is 5.75 Å². The Labute approximate surface area is 178 Å². The van der Waals surface area contributed by atoms with Gasteiger partial charge >= 0.3 is 6.18 Å². The van der Waals surface area contributed by atoms with Crippen LogP contribution in [0.15, 0.2) is 32.1 Å². The number of aromatic nitrogens is 2. The van der Waals surface area contributed by atoms with Crippen LogP contribution in [0.25, 0.3) is 0 Å². The Morgan fingerprint density at radius 1 is 1.40 bits per heavy atom. The number of halogens is 4. The predicted molar refractivity (Wildman–Crippen MR) is 108 cm³/mol. The van der Waals surface area contributed by atoms with Crippen LogP contribution in [0, 0.1) is 0 Å². The number of anilines is 3. The zero-order valence-corrected chi connectivity index (χ0v) is 18.1. The van der Waals surface area contributed by atoms with E-state index in [-0.39, 0.29) is 30.1 Å². The third-order valence-corrected chi connectivity index (χ3v) is 5.52. The van der Waals surface area contributed by atoms with Gasteiger partial charge in [-0.25, -0.2) is 4.98 Å². The SMILES string of the molecule is C=NS(=O)(=O)c1c(OC)cc(Nc2ncc(Br)c(N[C@H](C)CO)n2)cc1C(F)(F)F. The fourth-order valence-corrected chi connectivity index (χ4v) is 3.59. The minimum Gasteiger partial charge on any atom is -0.495 e. The van der Waals surface area contributed by atoms with Gasteiger partial charge in [0.2, 0.25) is 5.95 Å². The molecule has 0 saturated heterocycles. The second kappa shape index (κ2) is 9.14. The van der Waals surface area contributed by atoms with Gasteiger partial charge in [0.1, 0.15) is 16.5 Å². The fourth-order valence-electron chi connectivity index (χ4n) is 2.30. The number of hydrogen-bond acceptors (Lipinski definition) is 8. The molecule has 0 aliphatic carbocycles. The minimum absolute atomic E-state index is 0.0847. The minimum atomic E-state index is -5.03. The fraction of sp³-hybridized carbons (Fsp3) is 0.312. The first-order valence-corrected chi connectivity index (χ1v) is 10.4. The molecule has 0 saturated carbocycles.